The molecule has 0 radical (unpaired) electrons. The molecule has 3 aliphatic heterocycles. The molecular formula is C24H24ClN3O4. The van der Waals surface area contributed by atoms with Crippen molar-refractivity contribution < 1.29 is 19.5 Å². The lowest BCUT2D eigenvalue weighted by molar-refractivity contribution is -0.143. The molecule has 3 heterocycles. The van der Waals surface area contributed by atoms with E-state index < -0.39 is 41.3 Å². The van der Waals surface area contributed by atoms with Crippen molar-refractivity contribution in [1.29, 1.82) is 0 Å². The summed E-state index contributed by atoms with van der Waals surface area (Å²) in [5.41, 5.74) is 1.39. The molecule has 5 rings (SSSR count). The molecule has 8 heteroatoms. The summed E-state index contributed by atoms with van der Waals surface area (Å²) in [5, 5.41) is 16.9. The Morgan fingerprint density at radius 1 is 1.16 bits per heavy atom. The Balaban J connectivity index is 1.58. The van der Waals surface area contributed by atoms with Crippen LogP contribution in [0.25, 0.3) is 0 Å². The topological polar surface area (TPSA) is 98.7 Å². The van der Waals surface area contributed by atoms with Crippen molar-refractivity contribution in [1.82, 2.24) is 10.2 Å². The van der Waals surface area contributed by atoms with Crippen LogP contribution >= 0.6 is 11.6 Å². The van der Waals surface area contributed by atoms with E-state index in [-0.39, 0.29) is 12.5 Å². The number of hydrogen-bond donors (Lipinski definition) is 3. The van der Waals surface area contributed by atoms with Gasteiger partial charge in [0.25, 0.3) is 0 Å². The van der Waals surface area contributed by atoms with Crippen molar-refractivity contribution in [3.63, 3.8) is 0 Å². The Bertz CT molecular complexity index is 1140. The van der Waals surface area contributed by atoms with Gasteiger partial charge in [0.15, 0.2) is 0 Å². The Labute approximate surface area is 190 Å². The molecule has 0 saturated carbocycles. The van der Waals surface area contributed by atoms with Crippen molar-refractivity contribution in [2.45, 2.75) is 38.0 Å². The fraction of sp³-hybridized carbons (Fsp3) is 0.375. The van der Waals surface area contributed by atoms with Crippen LogP contribution in [0.1, 0.15) is 23.6 Å². The number of aliphatic hydroxyl groups is 1. The number of amides is 3. The summed E-state index contributed by atoms with van der Waals surface area (Å²) in [4.78, 5) is 41.7. The van der Waals surface area contributed by atoms with E-state index in [2.05, 4.69) is 10.6 Å². The van der Waals surface area contributed by atoms with Crippen LogP contribution < -0.4 is 10.6 Å². The van der Waals surface area contributed by atoms with Gasteiger partial charge in [-0.15, -0.1) is 0 Å². The second kappa shape index (κ2) is 7.40. The van der Waals surface area contributed by atoms with Gasteiger partial charge in [-0.3, -0.25) is 24.6 Å². The van der Waals surface area contributed by atoms with Gasteiger partial charge in [0, 0.05) is 18.2 Å². The molecule has 32 heavy (non-hydrogen) atoms. The minimum absolute atomic E-state index is 0.223. The third-order valence-electron chi connectivity index (χ3n) is 6.93. The molecular weight excluding hydrogens is 430 g/mol. The zero-order valence-corrected chi connectivity index (χ0v) is 18.5. The first kappa shape index (κ1) is 21.1. The molecule has 3 aliphatic rings. The van der Waals surface area contributed by atoms with E-state index >= 15 is 0 Å². The number of nitrogens with one attached hydrogen (secondary N) is 2. The van der Waals surface area contributed by atoms with Crippen LogP contribution in [0, 0.1) is 18.8 Å². The Morgan fingerprint density at radius 2 is 1.88 bits per heavy atom. The van der Waals surface area contributed by atoms with E-state index in [0.717, 1.165) is 11.1 Å². The summed E-state index contributed by atoms with van der Waals surface area (Å²) < 4.78 is 0. The highest BCUT2D eigenvalue weighted by molar-refractivity contribution is 6.35. The summed E-state index contributed by atoms with van der Waals surface area (Å²) in [6, 6.07) is 12.4. The third-order valence-corrected chi connectivity index (χ3v) is 7.23. The Kier molecular flexibility index (Phi) is 4.89. The number of benzene rings is 2. The second-order valence-electron chi connectivity index (χ2n) is 8.91. The molecule has 166 valence electrons. The molecule has 3 N–H and O–H groups in total. The van der Waals surface area contributed by atoms with E-state index in [0.29, 0.717) is 22.7 Å². The number of halogens is 1. The maximum absolute atomic E-state index is 13.6. The van der Waals surface area contributed by atoms with E-state index in [1.165, 1.54) is 4.90 Å². The van der Waals surface area contributed by atoms with Crippen LogP contribution in [-0.2, 0) is 26.3 Å². The molecule has 2 aromatic carbocycles. The molecule has 2 fully saturated rings. The summed E-state index contributed by atoms with van der Waals surface area (Å²) in [6.07, 6.45) is -0.421. The number of nitrogens with zero attached hydrogens (tertiary/aromatic N) is 1. The normalized spacial score (nSPS) is 29.4. The molecule has 3 amide bonds. The van der Waals surface area contributed by atoms with Gasteiger partial charge in [0.05, 0.1) is 28.6 Å². The molecule has 0 unspecified atom stereocenters. The first-order valence-corrected chi connectivity index (χ1v) is 11.1. The Hall–Kier alpha value is -2.74. The van der Waals surface area contributed by atoms with Crippen molar-refractivity contribution >= 4 is 35.0 Å². The van der Waals surface area contributed by atoms with Crippen LogP contribution in [0.15, 0.2) is 42.5 Å². The van der Waals surface area contributed by atoms with Gasteiger partial charge in [-0.05, 0) is 37.5 Å². The lowest BCUT2D eigenvalue weighted by Crippen LogP contribution is -2.55. The average Bonchev–Trinajstić information content (AvgIpc) is 3.34. The van der Waals surface area contributed by atoms with E-state index in [4.69, 9.17) is 11.6 Å². The number of fused-ring (bicyclic) bond motifs is 4. The van der Waals surface area contributed by atoms with Gasteiger partial charge >= 0.3 is 0 Å². The average molecular weight is 454 g/mol. The largest absolute Gasteiger partial charge is 0.392 e. The first-order valence-electron chi connectivity index (χ1n) is 10.7. The fourth-order valence-electron chi connectivity index (χ4n) is 5.50. The van der Waals surface area contributed by atoms with Gasteiger partial charge in [0.2, 0.25) is 17.7 Å². The van der Waals surface area contributed by atoms with Crippen molar-refractivity contribution in [2.75, 3.05) is 11.9 Å². The second-order valence-corrected chi connectivity index (χ2v) is 9.32. The number of likely N-dealkylation sites (tertiary alicyclic amines) is 1. The highest BCUT2D eigenvalue weighted by Crippen LogP contribution is 2.54. The van der Waals surface area contributed by atoms with Gasteiger partial charge in [-0.1, -0.05) is 48.0 Å². The number of carbonyl (C=O) groups is 3. The zero-order chi connectivity index (χ0) is 22.8. The predicted molar refractivity (Wildman–Crippen MR) is 119 cm³/mol. The maximum Gasteiger partial charge on any atom is 0.250 e. The van der Waals surface area contributed by atoms with Crippen LogP contribution in [-0.4, -0.2) is 46.4 Å². The molecule has 2 aromatic rings. The molecule has 5 atom stereocenters. The molecule has 0 aromatic heterocycles. The third kappa shape index (κ3) is 2.85. The number of aliphatic hydroxyl groups excluding tert-OH is 1. The highest BCUT2D eigenvalue weighted by atomic mass is 35.5. The van der Waals surface area contributed by atoms with Gasteiger partial charge in [0.1, 0.15) is 5.54 Å². The predicted octanol–water partition coefficient (Wildman–Crippen LogP) is 1.99. The number of imide groups is 1. The van der Waals surface area contributed by atoms with Crippen LogP contribution in [0.4, 0.5) is 5.69 Å². The number of aryl methyl sites for hydroxylation is 1. The summed E-state index contributed by atoms with van der Waals surface area (Å²) in [5.74, 6) is -2.97. The number of rotatable bonds is 4. The van der Waals surface area contributed by atoms with Crippen molar-refractivity contribution in [2.24, 2.45) is 11.8 Å². The summed E-state index contributed by atoms with van der Waals surface area (Å²) in [6.45, 7) is 3.64. The van der Waals surface area contributed by atoms with Crippen LogP contribution in [0.2, 0.25) is 5.02 Å². The number of hydrogen-bond acceptors (Lipinski definition) is 5. The SMILES string of the molecule is Cc1cc(Cl)c2c(c1)[C@@]1(N[C@H]([C@@H](C)O)[C@H]3C(=O)N(CCc4ccccc4)C(=O)[C@@H]31)C(=O)N2. The summed E-state index contributed by atoms with van der Waals surface area (Å²) >= 11 is 6.40. The molecule has 7 nitrogen and oxygen atoms in total. The maximum atomic E-state index is 13.6. The lowest BCUT2D eigenvalue weighted by Gasteiger charge is -2.30. The number of anilines is 1. The van der Waals surface area contributed by atoms with Gasteiger partial charge < -0.3 is 10.4 Å². The van der Waals surface area contributed by atoms with Crippen LogP contribution in [0.3, 0.4) is 0 Å². The summed E-state index contributed by atoms with van der Waals surface area (Å²) in [7, 11) is 0. The molecule has 1 spiro atoms. The molecule has 0 aliphatic carbocycles. The fourth-order valence-corrected chi connectivity index (χ4v) is 5.83. The molecule has 0 bridgehead atoms. The van der Waals surface area contributed by atoms with E-state index in [1.54, 1.807) is 13.0 Å². The minimum Gasteiger partial charge on any atom is -0.392 e. The first-order chi connectivity index (χ1) is 15.3. The van der Waals surface area contributed by atoms with Crippen molar-refractivity contribution in [3.05, 3.63) is 64.2 Å². The standard InChI is InChI=1S/C24H24ClN3O4/c1-12-10-15-20(16(25)11-12)26-23(32)24(15)18-17(19(27-24)13(2)29)21(30)28(22(18)31)9-8-14-6-4-3-5-7-14/h3-7,10-11,13,17-19,27,29H,8-9H2,1-2H3,(H,26,32)/t13-,17+,18-,19-,24+/m1/s1. The lowest BCUT2D eigenvalue weighted by atomic mass is 9.76. The van der Waals surface area contributed by atoms with E-state index in [9.17, 15) is 19.5 Å². The zero-order valence-electron chi connectivity index (χ0n) is 17.8. The quantitative estimate of drug-likeness (QED) is 0.615. The molecule has 2 saturated heterocycles. The minimum atomic E-state index is -1.45. The van der Waals surface area contributed by atoms with Crippen LogP contribution in [0.5, 0.6) is 0 Å². The Morgan fingerprint density at radius 3 is 2.56 bits per heavy atom. The monoisotopic (exact) mass is 453 g/mol. The van der Waals surface area contributed by atoms with Gasteiger partial charge in [-0.25, -0.2) is 0 Å². The highest BCUT2D eigenvalue weighted by Gasteiger charge is 2.71. The number of carbonyl (C=O) groups excluding carboxylic acids is 3. The van der Waals surface area contributed by atoms with Crippen molar-refractivity contribution in [3.8, 4) is 0 Å². The van der Waals surface area contributed by atoms with E-state index in [1.807, 2.05) is 43.3 Å². The van der Waals surface area contributed by atoms with Gasteiger partial charge in [-0.2, -0.15) is 0 Å². The smallest absolute Gasteiger partial charge is 0.250 e.